The van der Waals surface area contributed by atoms with Crippen molar-refractivity contribution < 1.29 is 4.79 Å². The summed E-state index contributed by atoms with van der Waals surface area (Å²) >= 11 is 6.48. The van der Waals surface area contributed by atoms with Crippen molar-refractivity contribution in [2.75, 3.05) is 18.4 Å². The largest absolute Gasteiger partial charge is 0.367 e. The molecule has 1 aliphatic heterocycles. The van der Waals surface area contributed by atoms with Gasteiger partial charge in [0.2, 0.25) is 5.91 Å². The molecule has 0 aliphatic carbocycles. The minimum atomic E-state index is 0.184. The number of carbonyl (C=O) groups is 1. The van der Waals surface area contributed by atoms with Crippen LogP contribution in [0.5, 0.6) is 0 Å². The molecule has 0 radical (unpaired) electrons. The summed E-state index contributed by atoms with van der Waals surface area (Å²) in [4.78, 5) is 19.9. The molecule has 6 rings (SSSR count). The number of hydrogen-bond acceptors (Lipinski definition) is 4. The smallest absolute Gasteiger partial charge is 0.226 e. The molecule has 37 heavy (non-hydrogen) atoms. The fourth-order valence-electron chi connectivity index (χ4n) is 5.10. The molecule has 1 amide bonds. The van der Waals surface area contributed by atoms with Gasteiger partial charge in [-0.2, -0.15) is 9.61 Å². The summed E-state index contributed by atoms with van der Waals surface area (Å²) in [6, 6.07) is 24.5. The molecule has 184 valence electrons. The quantitative estimate of drug-likeness (QED) is 0.364. The van der Waals surface area contributed by atoms with Gasteiger partial charge in [0.1, 0.15) is 13.7 Å². The maximum Gasteiger partial charge on any atom is 0.226 e. The van der Waals surface area contributed by atoms with Gasteiger partial charge in [0.05, 0.1) is 12.1 Å². The number of rotatable bonds is 5. The first-order valence-corrected chi connectivity index (χ1v) is 13.1. The number of piperidine rings is 1. The van der Waals surface area contributed by atoms with Crippen LogP contribution in [-0.4, -0.2) is 52.4 Å². The van der Waals surface area contributed by atoms with Crippen LogP contribution >= 0.6 is 11.6 Å². The van der Waals surface area contributed by atoms with Crippen molar-refractivity contribution in [3.05, 3.63) is 89.6 Å². The first-order chi connectivity index (χ1) is 18.0. The Morgan fingerprint density at radius 3 is 2.57 bits per heavy atom. The Balaban J connectivity index is 1.15. The second-order valence-electron chi connectivity index (χ2n) is 9.73. The Kier molecular flexibility index (Phi) is 6.31. The van der Waals surface area contributed by atoms with Gasteiger partial charge in [-0.25, -0.2) is 4.98 Å². The van der Waals surface area contributed by atoms with Crippen molar-refractivity contribution in [2.24, 2.45) is 0 Å². The normalized spacial score (nSPS) is 14.4. The van der Waals surface area contributed by atoms with E-state index in [1.165, 1.54) is 10.8 Å². The van der Waals surface area contributed by atoms with E-state index < -0.39 is 0 Å². The van der Waals surface area contributed by atoms with E-state index in [4.69, 9.17) is 16.6 Å². The molecule has 3 aromatic carbocycles. The third-order valence-electron chi connectivity index (χ3n) is 7.17. The van der Waals surface area contributed by atoms with Crippen LogP contribution in [0.2, 0.25) is 5.02 Å². The van der Waals surface area contributed by atoms with E-state index in [1.807, 2.05) is 65.9 Å². The van der Waals surface area contributed by atoms with E-state index >= 15 is 0 Å². The molecule has 1 saturated heterocycles. The minimum absolute atomic E-state index is 0.184. The zero-order chi connectivity index (χ0) is 25.4. The highest BCUT2D eigenvalue weighted by atomic mass is 35.5. The Morgan fingerprint density at radius 1 is 1.00 bits per heavy atom. The predicted octanol–water partition coefficient (Wildman–Crippen LogP) is 4.11. The average molecular weight is 508 g/mol. The van der Waals surface area contributed by atoms with Gasteiger partial charge in [-0.3, -0.25) is 4.79 Å². The van der Waals surface area contributed by atoms with Gasteiger partial charge < -0.3 is 10.2 Å². The average Bonchev–Trinajstić information content (AvgIpc) is 3.30. The van der Waals surface area contributed by atoms with Gasteiger partial charge in [-0.05, 0) is 40.7 Å². The van der Waals surface area contributed by atoms with Crippen LogP contribution in [0.3, 0.4) is 0 Å². The van der Waals surface area contributed by atoms with E-state index in [2.05, 4.69) is 40.7 Å². The molecule has 6 nitrogen and oxygen atoms in total. The molecule has 2 aromatic heterocycles. The number of nitrogens with one attached hydrogen (secondary N) is 1. The van der Waals surface area contributed by atoms with E-state index in [0.29, 0.717) is 11.4 Å². The van der Waals surface area contributed by atoms with Crippen LogP contribution in [0.4, 0.5) is 5.82 Å². The van der Waals surface area contributed by atoms with E-state index in [0.717, 1.165) is 59.7 Å². The first-order valence-electron chi connectivity index (χ1n) is 12.7. The van der Waals surface area contributed by atoms with Crippen LogP contribution in [0.15, 0.2) is 79.0 Å². The topological polar surface area (TPSA) is 62.5 Å². The van der Waals surface area contributed by atoms with Gasteiger partial charge in [0.25, 0.3) is 0 Å². The van der Waals surface area contributed by atoms with Crippen molar-refractivity contribution in [2.45, 2.75) is 25.3 Å². The van der Waals surface area contributed by atoms with Crippen LogP contribution in [-0.2, 0) is 11.2 Å². The van der Waals surface area contributed by atoms with Crippen molar-refractivity contribution in [1.29, 1.82) is 0 Å². The molecule has 1 fully saturated rings. The summed E-state index contributed by atoms with van der Waals surface area (Å²) in [5.41, 5.74) is 4.58. The highest BCUT2D eigenvalue weighted by Gasteiger charge is 2.24. The van der Waals surface area contributed by atoms with Crippen molar-refractivity contribution in [1.82, 2.24) is 19.5 Å². The molecule has 0 unspecified atom stereocenters. The first kappa shape index (κ1) is 23.6. The lowest BCUT2D eigenvalue weighted by Crippen LogP contribution is -2.43. The third kappa shape index (κ3) is 4.79. The van der Waals surface area contributed by atoms with Crippen LogP contribution in [0, 0.1) is 0 Å². The number of aromatic nitrogens is 3. The van der Waals surface area contributed by atoms with Crippen LogP contribution in [0.25, 0.3) is 27.7 Å². The number of benzene rings is 3. The lowest BCUT2D eigenvalue weighted by molar-refractivity contribution is -0.131. The molecule has 3 heterocycles. The van der Waals surface area contributed by atoms with Gasteiger partial charge in [0.15, 0.2) is 5.65 Å². The van der Waals surface area contributed by atoms with Crippen molar-refractivity contribution in [3.63, 3.8) is 0 Å². The van der Waals surface area contributed by atoms with Crippen LogP contribution in [0.1, 0.15) is 18.4 Å². The monoisotopic (exact) mass is 507 g/mol. The summed E-state index contributed by atoms with van der Waals surface area (Å²) < 4.78 is 1.85. The Labute approximate surface area is 221 Å². The summed E-state index contributed by atoms with van der Waals surface area (Å²) in [6.45, 7) is 1.46. The maximum absolute atomic E-state index is 13.1. The molecular weight excluding hydrogens is 481 g/mol. The summed E-state index contributed by atoms with van der Waals surface area (Å²) in [5, 5.41) is 11.3. The Bertz CT molecular complexity index is 1610. The molecule has 1 aliphatic rings. The van der Waals surface area contributed by atoms with E-state index in [9.17, 15) is 4.79 Å². The molecule has 0 bridgehead atoms. The summed E-state index contributed by atoms with van der Waals surface area (Å²) in [5.74, 6) is 1.07. The fourth-order valence-corrected chi connectivity index (χ4v) is 5.33. The number of hydrogen-bond donors (Lipinski definition) is 1. The number of fused-ring (bicyclic) bond motifs is 2. The lowest BCUT2D eigenvalue weighted by atomic mass is 10.0. The number of halogens is 1. The predicted molar refractivity (Wildman–Crippen MR) is 152 cm³/mol. The van der Waals surface area contributed by atoms with E-state index in [-0.39, 0.29) is 11.9 Å². The second-order valence-corrected chi connectivity index (χ2v) is 10.1. The zero-order valence-corrected chi connectivity index (χ0v) is 21.4. The minimum Gasteiger partial charge on any atom is -0.367 e. The van der Waals surface area contributed by atoms with Gasteiger partial charge >= 0.3 is 0 Å². The highest BCUT2D eigenvalue weighted by Crippen LogP contribution is 2.29. The molecular formula is C29H27BClN5O. The highest BCUT2D eigenvalue weighted by molar-refractivity contribution is 6.36. The maximum atomic E-state index is 13.1. The SMILES string of the molecule is Bc1cnn2c(NC3CCN(C(=O)Cc4ccc5ccccc5c4)CC3)cc(-c3ccccc3Cl)nc12. The number of likely N-dealkylation sites (tertiary alicyclic amines) is 1. The summed E-state index contributed by atoms with van der Waals surface area (Å²) in [7, 11) is 2.01. The van der Waals surface area contributed by atoms with Crippen molar-refractivity contribution >= 4 is 53.1 Å². The zero-order valence-electron chi connectivity index (χ0n) is 20.7. The number of anilines is 1. The molecule has 1 N–H and O–H groups in total. The van der Waals surface area contributed by atoms with Crippen molar-refractivity contribution in [3.8, 4) is 11.3 Å². The molecule has 5 aromatic rings. The van der Waals surface area contributed by atoms with Gasteiger partial charge in [-0.15, -0.1) is 0 Å². The Morgan fingerprint density at radius 2 is 1.76 bits per heavy atom. The van der Waals surface area contributed by atoms with Crippen LogP contribution < -0.4 is 10.8 Å². The standard InChI is InChI=1S/C29H27BClN5O/c30-24-18-32-36-27(17-26(34-29(24)36)23-7-3-4-8-25(23)31)33-22-11-13-35(14-12-22)28(37)16-19-9-10-20-5-1-2-6-21(20)15-19/h1-10,15,17-18,22,33H,11-14,16,30H2. The Hall–Kier alpha value is -3.84. The van der Waals surface area contributed by atoms with Gasteiger partial charge in [-0.1, -0.05) is 72.3 Å². The fraction of sp³-hybridized carbons (Fsp3) is 0.207. The third-order valence-corrected chi connectivity index (χ3v) is 7.50. The second kappa shape index (κ2) is 9.90. The molecule has 0 spiro atoms. The van der Waals surface area contributed by atoms with Gasteiger partial charge in [0, 0.05) is 42.0 Å². The number of carbonyl (C=O) groups excluding carboxylic acids is 1. The summed E-state index contributed by atoms with van der Waals surface area (Å²) in [6.07, 6.45) is 4.00. The number of nitrogens with zero attached hydrogens (tertiary/aromatic N) is 4. The molecule has 8 heteroatoms. The number of amides is 1. The molecule has 0 saturated carbocycles. The lowest BCUT2D eigenvalue weighted by Gasteiger charge is -2.33. The molecule has 0 atom stereocenters. The van der Waals surface area contributed by atoms with E-state index in [1.54, 1.807) is 0 Å².